The molecule has 37 heavy (non-hydrogen) atoms. The van der Waals surface area contributed by atoms with Crippen LogP contribution in [0.3, 0.4) is 0 Å². The van der Waals surface area contributed by atoms with Crippen LogP contribution < -0.4 is 11.1 Å². The molecule has 1 unspecified atom stereocenters. The van der Waals surface area contributed by atoms with E-state index in [1.807, 2.05) is 71.8 Å². The number of thiophene rings is 1. The molecule has 1 aromatic heterocycles. The van der Waals surface area contributed by atoms with Gasteiger partial charge in [-0.1, -0.05) is 68.0 Å². The van der Waals surface area contributed by atoms with Gasteiger partial charge in [-0.25, -0.2) is 0 Å². The van der Waals surface area contributed by atoms with Crippen molar-refractivity contribution in [2.45, 2.75) is 59.1 Å². The summed E-state index contributed by atoms with van der Waals surface area (Å²) in [6.45, 7) is 8.25. The number of aliphatic hydroxyl groups excluding tert-OH is 1. The molecule has 2 aromatic rings. The first-order valence-corrected chi connectivity index (χ1v) is 14.1. The predicted molar refractivity (Wildman–Crippen MR) is 151 cm³/mol. The SMILES string of the molecule is CCCN(CCC)C(=O)C1=CC(C)=CC(C(N)=O)([C@H](Cc2cccs2)[C@@H](O)CNCc2ccccc2)C1. The summed E-state index contributed by atoms with van der Waals surface area (Å²) >= 11 is 1.60. The Morgan fingerprint density at radius 1 is 1.14 bits per heavy atom. The molecule has 0 aliphatic heterocycles. The number of amides is 2. The molecule has 0 saturated carbocycles. The standard InChI is InChI=1S/C30H41N3O3S/c1-4-13-33(14-5-2)28(35)24-16-22(3)18-30(19-24,29(31)36)26(17-25-12-9-15-37-25)27(34)21-32-20-23-10-7-6-8-11-23/h6-12,15-16,18,26-27,32,34H,4-5,13-14,17,19-21H2,1-3H3,(H2,31,36)/t26-,27+,30?/m1/s1. The summed E-state index contributed by atoms with van der Waals surface area (Å²) in [5.41, 5.74) is 7.49. The van der Waals surface area contributed by atoms with Gasteiger partial charge in [0.1, 0.15) is 0 Å². The van der Waals surface area contributed by atoms with Gasteiger partial charge in [-0.05, 0) is 49.6 Å². The highest BCUT2D eigenvalue weighted by Gasteiger charge is 2.48. The van der Waals surface area contributed by atoms with Crippen molar-refractivity contribution in [3.05, 3.63) is 81.6 Å². The van der Waals surface area contributed by atoms with Gasteiger partial charge in [0.2, 0.25) is 11.8 Å². The molecule has 3 atom stereocenters. The van der Waals surface area contributed by atoms with Gasteiger partial charge in [-0.15, -0.1) is 11.3 Å². The number of nitrogens with zero attached hydrogens (tertiary/aromatic N) is 1. The second kappa shape index (κ2) is 13.7. The van der Waals surface area contributed by atoms with Crippen LogP contribution >= 0.6 is 11.3 Å². The van der Waals surface area contributed by atoms with Crippen molar-refractivity contribution >= 4 is 23.2 Å². The lowest BCUT2D eigenvalue weighted by Crippen LogP contribution is -2.51. The summed E-state index contributed by atoms with van der Waals surface area (Å²) in [6, 6.07) is 14.0. The number of nitrogens with one attached hydrogen (secondary N) is 1. The second-order valence-corrected chi connectivity index (χ2v) is 11.0. The average Bonchev–Trinajstić information content (AvgIpc) is 3.40. The first-order chi connectivity index (χ1) is 17.8. The van der Waals surface area contributed by atoms with Gasteiger partial charge in [-0.2, -0.15) is 0 Å². The molecule has 1 aromatic carbocycles. The Kier molecular flexibility index (Phi) is 10.7. The van der Waals surface area contributed by atoms with Gasteiger partial charge < -0.3 is 21.1 Å². The minimum atomic E-state index is -1.17. The molecule has 6 nitrogen and oxygen atoms in total. The maximum absolute atomic E-state index is 13.6. The molecule has 7 heteroatoms. The summed E-state index contributed by atoms with van der Waals surface area (Å²) in [5, 5.41) is 16.9. The van der Waals surface area contributed by atoms with Gasteiger partial charge >= 0.3 is 0 Å². The summed E-state index contributed by atoms with van der Waals surface area (Å²) in [7, 11) is 0. The lowest BCUT2D eigenvalue weighted by molar-refractivity contribution is -0.132. The fourth-order valence-electron chi connectivity index (χ4n) is 5.32. The summed E-state index contributed by atoms with van der Waals surface area (Å²) in [5.74, 6) is -1.05. The van der Waals surface area contributed by atoms with Gasteiger partial charge in [0, 0.05) is 42.5 Å². The third-order valence-electron chi connectivity index (χ3n) is 7.03. The number of hydrogen-bond acceptors (Lipinski definition) is 5. The van der Waals surface area contributed by atoms with Crippen LogP contribution in [-0.2, 0) is 22.6 Å². The molecular formula is C30H41N3O3S. The number of benzene rings is 1. The molecule has 0 spiro atoms. The molecule has 4 N–H and O–H groups in total. The second-order valence-electron chi connectivity index (χ2n) is 10.0. The van der Waals surface area contributed by atoms with Gasteiger partial charge in [0.25, 0.3) is 0 Å². The Morgan fingerprint density at radius 3 is 2.43 bits per heavy atom. The van der Waals surface area contributed by atoms with Crippen LogP contribution in [0.15, 0.2) is 71.1 Å². The van der Waals surface area contributed by atoms with E-state index >= 15 is 0 Å². The van der Waals surface area contributed by atoms with Crippen molar-refractivity contribution in [1.29, 1.82) is 0 Å². The zero-order valence-electron chi connectivity index (χ0n) is 22.3. The highest BCUT2D eigenvalue weighted by atomic mass is 32.1. The minimum Gasteiger partial charge on any atom is -0.391 e. The molecule has 200 valence electrons. The quantitative estimate of drug-likeness (QED) is 0.341. The van der Waals surface area contributed by atoms with Crippen LogP contribution in [0.25, 0.3) is 0 Å². The number of carbonyl (C=O) groups is 2. The van der Waals surface area contributed by atoms with Crippen molar-refractivity contribution in [1.82, 2.24) is 10.2 Å². The molecule has 1 aliphatic rings. The Bertz CT molecular complexity index is 1070. The molecule has 2 amide bonds. The van der Waals surface area contributed by atoms with Crippen LogP contribution in [-0.4, -0.2) is 47.6 Å². The van der Waals surface area contributed by atoms with E-state index in [4.69, 9.17) is 5.73 Å². The Labute approximate surface area is 225 Å². The zero-order chi connectivity index (χ0) is 26.8. The molecule has 0 fully saturated rings. The Hall–Kier alpha value is -2.74. The van der Waals surface area contributed by atoms with Gasteiger partial charge in [-0.3, -0.25) is 9.59 Å². The van der Waals surface area contributed by atoms with E-state index in [1.54, 1.807) is 11.3 Å². The van der Waals surface area contributed by atoms with Crippen molar-refractivity contribution in [2.24, 2.45) is 17.1 Å². The van der Waals surface area contributed by atoms with Gasteiger partial charge in [0.15, 0.2) is 0 Å². The number of primary amides is 1. The van der Waals surface area contributed by atoms with E-state index in [1.165, 1.54) is 0 Å². The number of nitrogens with two attached hydrogens (primary N) is 1. The monoisotopic (exact) mass is 523 g/mol. The number of allylic oxidation sites excluding steroid dienone is 2. The Morgan fingerprint density at radius 2 is 1.84 bits per heavy atom. The highest BCUT2D eigenvalue weighted by molar-refractivity contribution is 7.09. The van der Waals surface area contributed by atoms with E-state index in [0.29, 0.717) is 38.2 Å². The normalized spacial score (nSPS) is 19.0. The lowest BCUT2D eigenvalue weighted by atomic mass is 9.64. The third-order valence-corrected chi connectivity index (χ3v) is 7.93. The van der Waals surface area contributed by atoms with E-state index < -0.39 is 23.3 Å². The number of aliphatic hydroxyl groups is 1. The smallest absolute Gasteiger partial charge is 0.249 e. The van der Waals surface area contributed by atoms with Crippen LogP contribution in [0.4, 0.5) is 0 Å². The van der Waals surface area contributed by atoms with E-state index in [2.05, 4.69) is 19.2 Å². The highest BCUT2D eigenvalue weighted by Crippen LogP contribution is 2.44. The Balaban J connectivity index is 1.91. The first-order valence-electron chi connectivity index (χ1n) is 13.2. The van der Waals surface area contributed by atoms with Crippen LogP contribution in [0.1, 0.15) is 50.5 Å². The van der Waals surface area contributed by atoms with Crippen molar-refractivity contribution in [2.75, 3.05) is 19.6 Å². The first kappa shape index (κ1) is 28.8. The number of rotatable bonds is 14. The summed E-state index contributed by atoms with van der Waals surface area (Å²) in [4.78, 5) is 29.8. The zero-order valence-corrected chi connectivity index (χ0v) is 23.1. The third kappa shape index (κ3) is 7.40. The van der Waals surface area contributed by atoms with Crippen LogP contribution in [0.2, 0.25) is 0 Å². The number of hydrogen-bond donors (Lipinski definition) is 3. The van der Waals surface area contributed by atoms with Crippen LogP contribution in [0.5, 0.6) is 0 Å². The van der Waals surface area contributed by atoms with Crippen molar-refractivity contribution in [3.8, 4) is 0 Å². The average molecular weight is 524 g/mol. The van der Waals surface area contributed by atoms with E-state index in [9.17, 15) is 14.7 Å². The topological polar surface area (TPSA) is 95.7 Å². The van der Waals surface area contributed by atoms with Gasteiger partial charge in [0.05, 0.1) is 11.5 Å². The maximum atomic E-state index is 13.6. The number of carbonyl (C=O) groups excluding carboxylic acids is 2. The predicted octanol–water partition coefficient (Wildman–Crippen LogP) is 4.45. The fourth-order valence-corrected chi connectivity index (χ4v) is 6.09. The molecule has 1 heterocycles. The molecular weight excluding hydrogens is 482 g/mol. The minimum absolute atomic E-state index is 0.0478. The summed E-state index contributed by atoms with van der Waals surface area (Å²) in [6.07, 6.45) is 5.32. The van der Waals surface area contributed by atoms with E-state index in [0.717, 1.165) is 28.9 Å². The largest absolute Gasteiger partial charge is 0.391 e. The molecule has 0 radical (unpaired) electrons. The van der Waals surface area contributed by atoms with Crippen LogP contribution in [0, 0.1) is 11.3 Å². The fraction of sp³-hybridized carbons (Fsp3) is 0.467. The lowest BCUT2D eigenvalue weighted by Gasteiger charge is -2.41. The molecule has 3 rings (SSSR count). The molecule has 1 aliphatic carbocycles. The summed E-state index contributed by atoms with van der Waals surface area (Å²) < 4.78 is 0. The molecule has 0 bridgehead atoms. The van der Waals surface area contributed by atoms with Crippen molar-refractivity contribution < 1.29 is 14.7 Å². The van der Waals surface area contributed by atoms with Crippen molar-refractivity contribution in [3.63, 3.8) is 0 Å². The van der Waals surface area contributed by atoms with E-state index in [-0.39, 0.29) is 12.3 Å². The molecule has 0 saturated heterocycles. The maximum Gasteiger partial charge on any atom is 0.249 e.